The molecular weight excluding hydrogens is 494 g/mol. The Hall–Kier alpha value is -3.69. The molecule has 4 rings (SSSR count). The molecule has 186 valence electrons. The van der Waals surface area contributed by atoms with Crippen LogP contribution < -0.4 is 24.8 Å². The lowest BCUT2D eigenvalue weighted by Gasteiger charge is -2.17. The van der Waals surface area contributed by atoms with Gasteiger partial charge >= 0.3 is 0 Å². The second-order valence-electron chi connectivity index (χ2n) is 7.54. The van der Waals surface area contributed by atoms with Gasteiger partial charge in [-0.2, -0.15) is 0 Å². The van der Waals surface area contributed by atoms with Crippen molar-refractivity contribution < 1.29 is 19.0 Å². The van der Waals surface area contributed by atoms with Gasteiger partial charge in [0.15, 0.2) is 16.6 Å². The number of anilines is 1. The molecular formula is C27H27N3O4S2. The van der Waals surface area contributed by atoms with Crippen LogP contribution >= 0.6 is 23.6 Å². The molecule has 9 heteroatoms. The molecule has 0 bridgehead atoms. The number of nitrogens with zero attached hydrogens (tertiary/aromatic N) is 1. The number of rotatable bonds is 9. The third-order valence-electron chi connectivity index (χ3n) is 5.10. The van der Waals surface area contributed by atoms with Gasteiger partial charge in [-0.15, -0.1) is 11.3 Å². The van der Waals surface area contributed by atoms with Gasteiger partial charge in [-0.3, -0.25) is 10.1 Å². The van der Waals surface area contributed by atoms with Crippen molar-refractivity contribution in [2.24, 2.45) is 0 Å². The number of thiocarbonyl (C=S) groups is 1. The van der Waals surface area contributed by atoms with Gasteiger partial charge in [-0.25, -0.2) is 4.98 Å². The molecule has 2 N–H and O–H groups in total. The molecule has 0 radical (unpaired) electrons. The number of hydrogen-bond acceptors (Lipinski definition) is 7. The first kappa shape index (κ1) is 25.4. The molecule has 0 unspecified atom stereocenters. The zero-order valence-corrected chi connectivity index (χ0v) is 21.9. The lowest BCUT2D eigenvalue weighted by Crippen LogP contribution is -2.34. The number of carbonyl (C=O) groups excluding carboxylic acids is 1. The first-order valence-corrected chi connectivity index (χ1v) is 12.9. The molecule has 0 atom stereocenters. The minimum absolute atomic E-state index is 0.165. The minimum atomic E-state index is -0.394. The summed E-state index contributed by atoms with van der Waals surface area (Å²) in [6.45, 7) is 6.88. The van der Waals surface area contributed by atoms with Crippen LogP contribution in [-0.4, -0.2) is 35.8 Å². The lowest BCUT2D eigenvalue weighted by atomic mass is 10.1. The van der Waals surface area contributed by atoms with E-state index in [9.17, 15) is 4.79 Å². The molecule has 7 nitrogen and oxygen atoms in total. The molecule has 0 saturated heterocycles. The van der Waals surface area contributed by atoms with Crippen molar-refractivity contribution in [1.29, 1.82) is 0 Å². The van der Waals surface area contributed by atoms with E-state index in [2.05, 4.69) is 10.6 Å². The summed E-state index contributed by atoms with van der Waals surface area (Å²) in [5, 5.41) is 6.93. The fourth-order valence-electron chi connectivity index (χ4n) is 3.61. The maximum atomic E-state index is 13.1. The first-order valence-electron chi connectivity index (χ1n) is 11.7. The Labute approximate surface area is 219 Å². The Morgan fingerprint density at radius 2 is 1.56 bits per heavy atom. The normalized spacial score (nSPS) is 10.6. The largest absolute Gasteiger partial charge is 0.490 e. The molecule has 0 saturated carbocycles. The summed E-state index contributed by atoms with van der Waals surface area (Å²) in [4.78, 5) is 17.8. The summed E-state index contributed by atoms with van der Waals surface area (Å²) in [5.41, 5.74) is 2.93. The Morgan fingerprint density at radius 3 is 2.22 bits per heavy atom. The zero-order chi connectivity index (χ0) is 25.5. The Bertz CT molecular complexity index is 1330. The highest BCUT2D eigenvalue weighted by molar-refractivity contribution is 7.80. The topological polar surface area (TPSA) is 81.7 Å². The van der Waals surface area contributed by atoms with Crippen LogP contribution in [0.4, 0.5) is 5.69 Å². The van der Waals surface area contributed by atoms with Gasteiger partial charge < -0.3 is 19.5 Å². The van der Waals surface area contributed by atoms with Crippen molar-refractivity contribution in [3.63, 3.8) is 0 Å². The van der Waals surface area contributed by atoms with Crippen molar-refractivity contribution >= 4 is 50.5 Å². The molecule has 36 heavy (non-hydrogen) atoms. The second kappa shape index (κ2) is 11.8. The summed E-state index contributed by atoms with van der Waals surface area (Å²) >= 11 is 7.07. The first-order chi connectivity index (χ1) is 17.5. The van der Waals surface area contributed by atoms with Gasteiger partial charge in [0, 0.05) is 11.1 Å². The lowest BCUT2D eigenvalue weighted by molar-refractivity contribution is 0.0976. The van der Waals surface area contributed by atoms with E-state index in [0.717, 1.165) is 26.5 Å². The molecule has 3 aromatic carbocycles. The van der Waals surface area contributed by atoms with E-state index in [-0.39, 0.29) is 5.11 Å². The number of fused-ring (bicyclic) bond motifs is 1. The maximum absolute atomic E-state index is 13.1. The summed E-state index contributed by atoms with van der Waals surface area (Å²) in [7, 11) is 0. The number of nitrogens with one attached hydrogen (secondary N) is 2. The number of ether oxygens (including phenoxy) is 3. The number of hydrogen-bond donors (Lipinski definition) is 2. The van der Waals surface area contributed by atoms with Gasteiger partial charge in [0.25, 0.3) is 5.91 Å². The monoisotopic (exact) mass is 521 g/mol. The van der Waals surface area contributed by atoms with Gasteiger partial charge in [-0.1, -0.05) is 24.3 Å². The Kier molecular flexibility index (Phi) is 8.35. The summed E-state index contributed by atoms with van der Waals surface area (Å²) in [6.07, 6.45) is 0. The van der Waals surface area contributed by atoms with Crippen molar-refractivity contribution in [3.05, 3.63) is 66.2 Å². The van der Waals surface area contributed by atoms with Crippen LogP contribution in [-0.2, 0) is 0 Å². The van der Waals surface area contributed by atoms with E-state index in [1.807, 2.05) is 69.3 Å². The van der Waals surface area contributed by atoms with E-state index >= 15 is 0 Å². The molecule has 0 aliphatic rings. The highest BCUT2D eigenvalue weighted by Crippen LogP contribution is 2.39. The molecule has 0 aliphatic carbocycles. The van der Waals surface area contributed by atoms with E-state index in [1.54, 1.807) is 23.5 Å². The molecule has 0 fully saturated rings. The molecule has 0 aliphatic heterocycles. The SMILES string of the molecule is CCOc1cc(C(=O)NC(=S)Nc2ccccc2-c2nc3ccccc3s2)cc(OCC)c1OCC. The standard InChI is InChI=1S/C27H27N3O4S2/c1-4-32-21-15-17(16-22(33-5-2)24(21)34-6-3)25(31)30-27(35)29-19-12-8-7-11-18(19)26-28-20-13-9-10-14-23(20)36-26/h7-16H,4-6H2,1-3H3,(H2,29,30,31,35). The summed E-state index contributed by atoms with van der Waals surface area (Å²) in [6, 6.07) is 19.0. The molecule has 1 aromatic heterocycles. The molecule has 0 spiro atoms. The zero-order valence-electron chi connectivity index (χ0n) is 20.3. The Balaban J connectivity index is 1.55. The van der Waals surface area contributed by atoms with Crippen LogP contribution in [0.3, 0.4) is 0 Å². The quantitative estimate of drug-likeness (QED) is 0.251. The smallest absolute Gasteiger partial charge is 0.257 e. The number of aromatic nitrogens is 1. The fraction of sp³-hybridized carbons (Fsp3) is 0.222. The van der Waals surface area contributed by atoms with Crippen molar-refractivity contribution in [2.45, 2.75) is 20.8 Å². The van der Waals surface area contributed by atoms with Crippen LogP contribution in [0.5, 0.6) is 17.2 Å². The van der Waals surface area contributed by atoms with Gasteiger partial charge in [0.1, 0.15) is 5.01 Å². The number of benzene rings is 3. The summed E-state index contributed by atoms with van der Waals surface area (Å²) < 4.78 is 18.3. The van der Waals surface area contributed by atoms with Gasteiger partial charge in [0.05, 0.1) is 35.7 Å². The van der Waals surface area contributed by atoms with Crippen LogP contribution in [0, 0.1) is 0 Å². The fourth-order valence-corrected chi connectivity index (χ4v) is 4.82. The van der Waals surface area contributed by atoms with Crippen LogP contribution in [0.2, 0.25) is 0 Å². The van der Waals surface area contributed by atoms with Crippen LogP contribution in [0.15, 0.2) is 60.7 Å². The second-order valence-corrected chi connectivity index (χ2v) is 8.98. The van der Waals surface area contributed by atoms with E-state index < -0.39 is 5.91 Å². The molecule has 1 amide bonds. The van der Waals surface area contributed by atoms with Crippen molar-refractivity contribution in [1.82, 2.24) is 10.3 Å². The predicted molar refractivity (Wildman–Crippen MR) is 149 cm³/mol. The Morgan fingerprint density at radius 1 is 0.917 bits per heavy atom. The average molecular weight is 522 g/mol. The van der Waals surface area contributed by atoms with E-state index in [0.29, 0.717) is 42.6 Å². The van der Waals surface area contributed by atoms with Gasteiger partial charge in [-0.05, 0) is 69.4 Å². The third-order valence-corrected chi connectivity index (χ3v) is 6.37. The van der Waals surface area contributed by atoms with Crippen molar-refractivity contribution in [3.8, 4) is 27.8 Å². The maximum Gasteiger partial charge on any atom is 0.257 e. The van der Waals surface area contributed by atoms with E-state index in [4.69, 9.17) is 31.4 Å². The highest BCUT2D eigenvalue weighted by Gasteiger charge is 2.19. The predicted octanol–water partition coefficient (Wildman–Crippen LogP) is 6.29. The average Bonchev–Trinajstić information content (AvgIpc) is 3.30. The van der Waals surface area contributed by atoms with Crippen LogP contribution in [0.1, 0.15) is 31.1 Å². The number of amides is 1. The minimum Gasteiger partial charge on any atom is -0.490 e. The van der Waals surface area contributed by atoms with Crippen molar-refractivity contribution in [2.75, 3.05) is 25.1 Å². The number of para-hydroxylation sites is 2. The third kappa shape index (κ3) is 5.75. The van der Waals surface area contributed by atoms with E-state index in [1.165, 1.54) is 0 Å². The van der Waals surface area contributed by atoms with Gasteiger partial charge in [0.2, 0.25) is 5.75 Å². The van der Waals surface area contributed by atoms with Crippen LogP contribution in [0.25, 0.3) is 20.8 Å². The highest BCUT2D eigenvalue weighted by atomic mass is 32.1. The number of thiazole rings is 1. The number of carbonyl (C=O) groups is 1. The molecule has 4 aromatic rings. The molecule has 1 heterocycles. The summed E-state index contributed by atoms with van der Waals surface area (Å²) in [5.74, 6) is 0.962.